The van der Waals surface area contributed by atoms with Crippen LogP contribution in [0.25, 0.3) is 0 Å². The molecule has 0 heterocycles. The van der Waals surface area contributed by atoms with Gasteiger partial charge in [0.25, 0.3) is 5.91 Å². The zero-order valence-electron chi connectivity index (χ0n) is 12.1. The molecule has 2 unspecified atom stereocenters. The quantitative estimate of drug-likeness (QED) is 0.794. The molecule has 116 valence electrons. The van der Waals surface area contributed by atoms with Crippen LogP contribution >= 0.6 is 12.4 Å². The van der Waals surface area contributed by atoms with E-state index in [1.165, 1.54) is 0 Å². The van der Waals surface area contributed by atoms with Crippen LogP contribution in [0.1, 0.15) is 36.5 Å². The van der Waals surface area contributed by atoms with Gasteiger partial charge in [0, 0.05) is 18.5 Å². The van der Waals surface area contributed by atoms with Crippen LogP contribution in [0.3, 0.4) is 0 Å². The highest BCUT2D eigenvalue weighted by Gasteiger charge is 2.28. The van der Waals surface area contributed by atoms with E-state index in [1.54, 1.807) is 24.3 Å². The minimum atomic E-state index is -0.175. The van der Waals surface area contributed by atoms with Crippen molar-refractivity contribution >= 4 is 29.9 Å². The van der Waals surface area contributed by atoms with E-state index in [1.807, 2.05) is 6.92 Å². The first-order valence-corrected chi connectivity index (χ1v) is 7.05. The SMILES string of the molecule is CCNC(=O)c1ccccc1NC(=O)C1CCC(N)C1.Cl. The van der Waals surface area contributed by atoms with E-state index in [2.05, 4.69) is 10.6 Å². The number of hydrogen-bond donors (Lipinski definition) is 3. The van der Waals surface area contributed by atoms with Crippen LogP contribution in [0.5, 0.6) is 0 Å². The van der Waals surface area contributed by atoms with Gasteiger partial charge in [-0.3, -0.25) is 9.59 Å². The maximum absolute atomic E-state index is 12.2. The topological polar surface area (TPSA) is 84.2 Å². The summed E-state index contributed by atoms with van der Waals surface area (Å²) >= 11 is 0. The van der Waals surface area contributed by atoms with Crippen molar-refractivity contribution in [2.24, 2.45) is 11.7 Å². The maximum Gasteiger partial charge on any atom is 0.253 e. The predicted molar refractivity (Wildman–Crippen MR) is 85.6 cm³/mol. The summed E-state index contributed by atoms with van der Waals surface area (Å²) in [5.74, 6) is -0.270. The molecule has 1 aromatic rings. The van der Waals surface area contributed by atoms with Crippen LogP contribution in [0.15, 0.2) is 24.3 Å². The Morgan fingerprint density at radius 2 is 2.00 bits per heavy atom. The van der Waals surface area contributed by atoms with E-state index < -0.39 is 0 Å². The standard InChI is InChI=1S/C15H21N3O2.ClH/c1-2-17-15(20)12-5-3-4-6-13(12)18-14(19)10-7-8-11(16)9-10;/h3-6,10-11H,2,7-9,16H2,1H3,(H,17,20)(H,18,19);1H. The molecular weight excluding hydrogens is 290 g/mol. The highest BCUT2D eigenvalue weighted by molar-refractivity contribution is 6.04. The first kappa shape index (κ1) is 17.5. The van der Waals surface area contributed by atoms with E-state index >= 15 is 0 Å². The monoisotopic (exact) mass is 311 g/mol. The van der Waals surface area contributed by atoms with Gasteiger partial charge in [-0.2, -0.15) is 0 Å². The number of anilines is 1. The lowest BCUT2D eigenvalue weighted by atomic mass is 10.1. The van der Waals surface area contributed by atoms with E-state index in [-0.39, 0.29) is 36.2 Å². The first-order chi connectivity index (χ1) is 9.61. The number of para-hydroxylation sites is 1. The van der Waals surface area contributed by atoms with Crippen molar-refractivity contribution in [3.8, 4) is 0 Å². The average Bonchev–Trinajstić information content (AvgIpc) is 2.86. The largest absolute Gasteiger partial charge is 0.352 e. The van der Waals surface area contributed by atoms with Crippen molar-refractivity contribution in [2.75, 3.05) is 11.9 Å². The highest BCUT2D eigenvalue weighted by Crippen LogP contribution is 2.26. The molecule has 0 saturated heterocycles. The third-order valence-corrected chi connectivity index (χ3v) is 3.61. The highest BCUT2D eigenvalue weighted by atomic mass is 35.5. The summed E-state index contributed by atoms with van der Waals surface area (Å²) in [7, 11) is 0. The van der Waals surface area contributed by atoms with E-state index in [0.29, 0.717) is 17.8 Å². The number of halogens is 1. The molecule has 1 saturated carbocycles. The number of nitrogens with one attached hydrogen (secondary N) is 2. The normalized spacial score (nSPS) is 20.5. The minimum absolute atomic E-state index is 0. The molecule has 1 aliphatic carbocycles. The van der Waals surface area contributed by atoms with Crippen molar-refractivity contribution in [1.29, 1.82) is 0 Å². The second kappa shape index (κ2) is 8.00. The Labute approximate surface area is 131 Å². The molecule has 1 aliphatic rings. The second-order valence-electron chi connectivity index (χ2n) is 5.16. The van der Waals surface area contributed by atoms with Crippen molar-refractivity contribution in [2.45, 2.75) is 32.2 Å². The Bertz CT molecular complexity index is 507. The number of hydrogen-bond acceptors (Lipinski definition) is 3. The summed E-state index contributed by atoms with van der Waals surface area (Å²) < 4.78 is 0. The van der Waals surface area contributed by atoms with Crippen LogP contribution < -0.4 is 16.4 Å². The summed E-state index contributed by atoms with van der Waals surface area (Å²) in [5.41, 5.74) is 6.88. The molecular formula is C15H22ClN3O2. The van der Waals surface area contributed by atoms with Gasteiger partial charge >= 0.3 is 0 Å². The molecule has 21 heavy (non-hydrogen) atoms. The van der Waals surface area contributed by atoms with Crippen LogP contribution in [-0.4, -0.2) is 24.4 Å². The van der Waals surface area contributed by atoms with Crippen molar-refractivity contribution in [3.63, 3.8) is 0 Å². The number of rotatable bonds is 4. The fraction of sp³-hybridized carbons (Fsp3) is 0.467. The summed E-state index contributed by atoms with van der Waals surface area (Å²) in [5, 5.41) is 5.60. The molecule has 0 aliphatic heterocycles. The Hall–Kier alpha value is -1.59. The minimum Gasteiger partial charge on any atom is -0.352 e. The number of benzene rings is 1. The van der Waals surface area contributed by atoms with Gasteiger partial charge in [0.1, 0.15) is 0 Å². The van der Waals surface area contributed by atoms with Gasteiger partial charge in [-0.1, -0.05) is 12.1 Å². The molecule has 2 amide bonds. The number of amides is 2. The molecule has 5 nitrogen and oxygen atoms in total. The van der Waals surface area contributed by atoms with Crippen LogP contribution in [0.2, 0.25) is 0 Å². The lowest BCUT2D eigenvalue weighted by Crippen LogP contribution is -2.27. The third-order valence-electron chi connectivity index (χ3n) is 3.61. The lowest BCUT2D eigenvalue weighted by Gasteiger charge is -2.14. The molecule has 0 bridgehead atoms. The van der Waals surface area contributed by atoms with Crippen molar-refractivity contribution in [1.82, 2.24) is 5.32 Å². The van der Waals surface area contributed by atoms with Gasteiger partial charge in [-0.25, -0.2) is 0 Å². The number of carbonyl (C=O) groups is 2. The van der Waals surface area contributed by atoms with Crippen LogP contribution in [0.4, 0.5) is 5.69 Å². The van der Waals surface area contributed by atoms with Gasteiger partial charge in [0.05, 0.1) is 11.3 Å². The zero-order valence-corrected chi connectivity index (χ0v) is 12.9. The molecule has 2 rings (SSSR count). The number of carbonyl (C=O) groups excluding carboxylic acids is 2. The zero-order chi connectivity index (χ0) is 14.5. The van der Waals surface area contributed by atoms with E-state index in [9.17, 15) is 9.59 Å². The molecule has 2 atom stereocenters. The van der Waals surface area contributed by atoms with Gasteiger partial charge in [-0.15, -0.1) is 12.4 Å². The summed E-state index contributed by atoms with van der Waals surface area (Å²) in [6.45, 7) is 2.41. The van der Waals surface area contributed by atoms with E-state index in [0.717, 1.165) is 19.3 Å². The van der Waals surface area contributed by atoms with Gasteiger partial charge < -0.3 is 16.4 Å². The first-order valence-electron chi connectivity index (χ1n) is 7.05. The molecule has 0 spiro atoms. The van der Waals surface area contributed by atoms with Crippen LogP contribution in [-0.2, 0) is 4.79 Å². The predicted octanol–water partition coefficient (Wildman–Crippen LogP) is 1.92. The molecule has 1 fully saturated rings. The summed E-state index contributed by atoms with van der Waals surface area (Å²) in [4.78, 5) is 24.1. The fourth-order valence-electron chi connectivity index (χ4n) is 2.54. The fourth-order valence-corrected chi connectivity index (χ4v) is 2.54. The number of nitrogens with two attached hydrogens (primary N) is 1. The molecule has 0 aromatic heterocycles. The van der Waals surface area contributed by atoms with Crippen molar-refractivity contribution in [3.05, 3.63) is 29.8 Å². The summed E-state index contributed by atoms with van der Waals surface area (Å²) in [6.07, 6.45) is 2.42. The molecule has 0 radical (unpaired) electrons. The smallest absolute Gasteiger partial charge is 0.253 e. The molecule has 1 aromatic carbocycles. The molecule has 6 heteroatoms. The Morgan fingerprint density at radius 3 is 2.62 bits per heavy atom. The Kier molecular flexibility index (Phi) is 6.65. The Balaban J connectivity index is 0.00000220. The third kappa shape index (κ3) is 4.44. The summed E-state index contributed by atoms with van der Waals surface area (Å²) in [6, 6.07) is 7.16. The van der Waals surface area contributed by atoms with Gasteiger partial charge in [0.15, 0.2) is 0 Å². The Morgan fingerprint density at radius 1 is 1.29 bits per heavy atom. The maximum atomic E-state index is 12.2. The van der Waals surface area contributed by atoms with E-state index in [4.69, 9.17) is 5.73 Å². The average molecular weight is 312 g/mol. The lowest BCUT2D eigenvalue weighted by molar-refractivity contribution is -0.119. The molecule has 4 N–H and O–H groups in total. The van der Waals surface area contributed by atoms with Gasteiger partial charge in [-0.05, 0) is 38.3 Å². The van der Waals surface area contributed by atoms with Gasteiger partial charge in [0.2, 0.25) is 5.91 Å². The van der Waals surface area contributed by atoms with Crippen molar-refractivity contribution < 1.29 is 9.59 Å². The second-order valence-corrected chi connectivity index (χ2v) is 5.16. The van der Waals surface area contributed by atoms with Crippen LogP contribution in [0, 0.1) is 5.92 Å².